The standard InChI is InChI=1S/C12H20N2O2S/c1-3-4-10(5-6-15)7-13-12(16)11-8-17-9(2)14-11/h8,10,15H,3-7H2,1-2H3,(H,13,16). The molecule has 0 aliphatic rings. The first-order valence-corrected chi connectivity index (χ1v) is 6.86. The number of aryl methyl sites for hydroxylation is 1. The van der Waals surface area contributed by atoms with Crippen LogP contribution in [0.1, 0.15) is 41.7 Å². The Morgan fingerprint density at radius 3 is 2.88 bits per heavy atom. The molecular formula is C12H20N2O2S. The van der Waals surface area contributed by atoms with Gasteiger partial charge in [0.1, 0.15) is 5.69 Å². The van der Waals surface area contributed by atoms with Crippen molar-refractivity contribution in [3.8, 4) is 0 Å². The fraction of sp³-hybridized carbons (Fsp3) is 0.667. The maximum atomic E-state index is 11.7. The van der Waals surface area contributed by atoms with Gasteiger partial charge in [-0.25, -0.2) is 4.98 Å². The molecule has 0 saturated carbocycles. The number of nitrogens with zero attached hydrogens (tertiary/aromatic N) is 1. The predicted molar refractivity (Wildman–Crippen MR) is 69.3 cm³/mol. The Labute approximate surface area is 106 Å². The molecule has 0 aliphatic carbocycles. The molecule has 1 unspecified atom stereocenters. The first-order chi connectivity index (χ1) is 8.17. The third kappa shape index (κ3) is 4.83. The minimum Gasteiger partial charge on any atom is -0.396 e. The molecule has 1 aromatic rings. The van der Waals surface area contributed by atoms with Gasteiger partial charge in [0.15, 0.2) is 0 Å². The molecule has 1 atom stereocenters. The van der Waals surface area contributed by atoms with Gasteiger partial charge in [-0.15, -0.1) is 11.3 Å². The molecule has 0 saturated heterocycles. The van der Waals surface area contributed by atoms with Gasteiger partial charge in [0.25, 0.3) is 5.91 Å². The molecule has 0 aromatic carbocycles. The second-order valence-corrected chi connectivity index (χ2v) is 5.19. The monoisotopic (exact) mass is 256 g/mol. The lowest BCUT2D eigenvalue weighted by molar-refractivity contribution is 0.0938. The summed E-state index contributed by atoms with van der Waals surface area (Å²) >= 11 is 1.48. The number of hydrogen-bond acceptors (Lipinski definition) is 4. The van der Waals surface area contributed by atoms with Crippen molar-refractivity contribution in [3.05, 3.63) is 16.1 Å². The smallest absolute Gasteiger partial charge is 0.270 e. The Morgan fingerprint density at radius 1 is 1.59 bits per heavy atom. The highest BCUT2D eigenvalue weighted by molar-refractivity contribution is 7.09. The zero-order valence-corrected chi connectivity index (χ0v) is 11.2. The first kappa shape index (κ1) is 14.1. The van der Waals surface area contributed by atoms with Gasteiger partial charge in [-0.2, -0.15) is 0 Å². The number of carbonyl (C=O) groups is 1. The number of nitrogens with one attached hydrogen (secondary N) is 1. The SMILES string of the molecule is CCCC(CCO)CNC(=O)c1csc(C)n1. The van der Waals surface area contributed by atoms with Crippen LogP contribution in [0.3, 0.4) is 0 Å². The molecule has 1 rings (SSSR count). The minimum atomic E-state index is -0.117. The summed E-state index contributed by atoms with van der Waals surface area (Å²) in [7, 11) is 0. The number of amides is 1. The van der Waals surface area contributed by atoms with Gasteiger partial charge in [0.05, 0.1) is 5.01 Å². The number of aromatic nitrogens is 1. The topological polar surface area (TPSA) is 62.2 Å². The van der Waals surface area contributed by atoms with Crippen molar-refractivity contribution in [2.75, 3.05) is 13.2 Å². The van der Waals surface area contributed by atoms with E-state index in [4.69, 9.17) is 5.11 Å². The lowest BCUT2D eigenvalue weighted by Gasteiger charge is -2.14. The van der Waals surface area contributed by atoms with Crippen molar-refractivity contribution < 1.29 is 9.90 Å². The minimum absolute atomic E-state index is 0.117. The van der Waals surface area contributed by atoms with E-state index in [0.29, 0.717) is 18.2 Å². The number of thiazole rings is 1. The molecule has 1 heterocycles. The van der Waals surface area contributed by atoms with Crippen LogP contribution in [0.4, 0.5) is 0 Å². The molecule has 5 heteroatoms. The van der Waals surface area contributed by atoms with Crippen LogP contribution in [0.5, 0.6) is 0 Å². The van der Waals surface area contributed by atoms with Crippen LogP contribution < -0.4 is 5.32 Å². The van der Waals surface area contributed by atoms with E-state index in [2.05, 4.69) is 17.2 Å². The lowest BCUT2D eigenvalue weighted by atomic mass is 10.0. The Bertz CT molecular complexity index is 346. The average molecular weight is 256 g/mol. The molecule has 0 bridgehead atoms. The molecule has 0 radical (unpaired) electrons. The van der Waals surface area contributed by atoms with Gasteiger partial charge >= 0.3 is 0 Å². The number of aliphatic hydroxyl groups is 1. The maximum Gasteiger partial charge on any atom is 0.270 e. The molecule has 2 N–H and O–H groups in total. The fourth-order valence-corrected chi connectivity index (χ4v) is 2.33. The Kier molecular flexibility index (Phi) is 6.15. The van der Waals surface area contributed by atoms with Crippen LogP contribution in [0.2, 0.25) is 0 Å². The normalized spacial score (nSPS) is 12.4. The lowest BCUT2D eigenvalue weighted by Crippen LogP contribution is -2.30. The van der Waals surface area contributed by atoms with Crippen LogP contribution in [-0.2, 0) is 0 Å². The van der Waals surface area contributed by atoms with Crippen LogP contribution >= 0.6 is 11.3 Å². The second kappa shape index (κ2) is 7.40. The quantitative estimate of drug-likeness (QED) is 0.784. The highest BCUT2D eigenvalue weighted by atomic mass is 32.1. The molecule has 1 amide bonds. The van der Waals surface area contributed by atoms with Crippen LogP contribution in [0.25, 0.3) is 0 Å². The number of hydrogen-bond donors (Lipinski definition) is 2. The third-order valence-electron chi connectivity index (χ3n) is 2.64. The zero-order chi connectivity index (χ0) is 12.7. The van der Waals surface area contributed by atoms with E-state index in [1.54, 1.807) is 5.38 Å². The highest BCUT2D eigenvalue weighted by Crippen LogP contribution is 2.11. The summed E-state index contributed by atoms with van der Waals surface area (Å²) < 4.78 is 0. The summed E-state index contributed by atoms with van der Waals surface area (Å²) in [6.45, 7) is 4.78. The molecule has 96 valence electrons. The van der Waals surface area contributed by atoms with Gasteiger partial charge in [-0.3, -0.25) is 4.79 Å². The summed E-state index contributed by atoms with van der Waals surface area (Å²) in [5.74, 6) is 0.238. The molecular weight excluding hydrogens is 236 g/mol. The van der Waals surface area contributed by atoms with Crippen molar-refractivity contribution in [1.29, 1.82) is 0 Å². The van der Waals surface area contributed by atoms with Gasteiger partial charge in [0, 0.05) is 18.5 Å². The van der Waals surface area contributed by atoms with Crippen molar-refractivity contribution >= 4 is 17.2 Å². The van der Waals surface area contributed by atoms with Gasteiger partial charge in [0.2, 0.25) is 0 Å². The summed E-state index contributed by atoms with van der Waals surface area (Å²) in [6.07, 6.45) is 2.83. The molecule has 0 spiro atoms. The Balaban J connectivity index is 2.40. The van der Waals surface area contributed by atoms with Gasteiger partial charge < -0.3 is 10.4 Å². The molecule has 1 aromatic heterocycles. The van der Waals surface area contributed by atoms with E-state index in [1.165, 1.54) is 11.3 Å². The van der Waals surface area contributed by atoms with Crippen molar-refractivity contribution in [2.24, 2.45) is 5.92 Å². The Morgan fingerprint density at radius 2 is 2.35 bits per heavy atom. The van der Waals surface area contributed by atoms with Crippen molar-refractivity contribution in [2.45, 2.75) is 33.1 Å². The highest BCUT2D eigenvalue weighted by Gasteiger charge is 2.12. The summed E-state index contributed by atoms with van der Waals surface area (Å²) in [5.41, 5.74) is 0.492. The third-order valence-corrected chi connectivity index (χ3v) is 3.41. The molecule has 4 nitrogen and oxygen atoms in total. The maximum absolute atomic E-state index is 11.7. The van der Waals surface area contributed by atoms with Gasteiger partial charge in [-0.05, 0) is 25.7 Å². The second-order valence-electron chi connectivity index (χ2n) is 4.13. The largest absolute Gasteiger partial charge is 0.396 e. The summed E-state index contributed by atoms with van der Waals surface area (Å²) in [5, 5.41) is 14.5. The van der Waals surface area contributed by atoms with Crippen LogP contribution in [-0.4, -0.2) is 29.1 Å². The molecule has 0 fully saturated rings. The van der Waals surface area contributed by atoms with Gasteiger partial charge in [-0.1, -0.05) is 13.3 Å². The van der Waals surface area contributed by atoms with E-state index >= 15 is 0 Å². The zero-order valence-electron chi connectivity index (χ0n) is 10.4. The van der Waals surface area contributed by atoms with Crippen LogP contribution in [0, 0.1) is 12.8 Å². The Hall–Kier alpha value is -0.940. The predicted octanol–water partition coefficient (Wildman–Crippen LogP) is 1.98. The van der Waals surface area contributed by atoms with Crippen molar-refractivity contribution in [1.82, 2.24) is 10.3 Å². The summed E-state index contributed by atoms with van der Waals surface area (Å²) in [6, 6.07) is 0. The number of aliphatic hydroxyl groups excluding tert-OH is 1. The van der Waals surface area contributed by atoms with E-state index < -0.39 is 0 Å². The molecule has 17 heavy (non-hydrogen) atoms. The van der Waals surface area contributed by atoms with E-state index in [9.17, 15) is 4.79 Å². The molecule has 0 aliphatic heterocycles. The van der Waals surface area contributed by atoms with Crippen LogP contribution in [0.15, 0.2) is 5.38 Å². The summed E-state index contributed by atoms with van der Waals surface area (Å²) in [4.78, 5) is 15.9. The van der Waals surface area contributed by atoms with E-state index in [1.807, 2.05) is 6.92 Å². The first-order valence-electron chi connectivity index (χ1n) is 5.98. The van der Waals surface area contributed by atoms with E-state index in [-0.39, 0.29) is 12.5 Å². The fourth-order valence-electron chi connectivity index (χ4n) is 1.73. The number of rotatable bonds is 7. The number of carbonyl (C=O) groups excluding carboxylic acids is 1. The average Bonchev–Trinajstić information content (AvgIpc) is 2.73. The van der Waals surface area contributed by atoms with Crippen molar-refractivity contribution in [3.63, 3.8) is 0 Å². The van der Waals surface area contributed by atoms with E-state index in [0.717, 1.165) is 24.3 Å².